The number of hydrogen-bond donors (Lipinski definition) is 1. The lowest BCUT2D eigenvalue weighted by molar-refractivity contribution is -0.135. The van der Waals surface area contributed by atoms with Gasteiger partial charge in [0.1, 0.15) is 5.75 Å². The minimum atomic E-state index is -4.04. The molecule has 0 saturated carbocycles. The summed E-state index contributed by atoms with van der Waals surface area (Å²) in [7, 11) is 1.62. The fourth-order valence-electron chi connectivity index (χ4n) is 3.90. The maximum Gasteiger partial charge on any atom is 0.389 e. The van der Waals surface area contributed by atoms with Crippen LogP contribution in [0.5, 0.6) is 5.75 Å². The molecule has 0 aliphatic heterocycles. The van der Waals surface area contributed by atoms with Crippen LogP contribution in [0.15, 0.2) is 42.5 Å². The van der Waals surface area contributed by atoms with Gasteiger partial charge in [-0.25, -0.2) is 4.79 Å². The summed E-state index contributed by atoms with van der Waals surface area (Å²) in [5.41, 5.74) is 2.59. The van der Waals surface area contributed by atoms with Crippen LogP contribution >= 0.6 is 0 Å². The number of carbonyl (C=O) groups is 1. The Labute approximate surface area is 191 Å². The molecule has 3 rings (SSSR count). The van der Waals surface area contributed by atoms with Gasteiger partial charge in [0.05, 0.1) is 12.1 Å². The third-order valence-electron chi connectivity index (χ3n) is 5.58. The number of hydrogen-bond acceptors (Lipinski definition) is 3. The first kappa shape index (κ1) is 24.6. The zero-order valence-electron chi connectivity index (χ0n) is 18.7. The van der Waals surface area contributed by atoms with Crippen LogP contribution in [0, 0.1) is 0 Å². The van der Waals surface area contributed by atoms with Crippen molar-refractivity contribution in [1.82, 2.24) is 9.78 Å². The summed E-state index contributed by atoms with van der Waals surface area (Å²) in [6, 6.07) is 13.2. The number of fused-ring (bicyclic) bond motifs is 1. The first-order valence-corrected chi connectivity index (χ1v) is 11.2. The van der Waals surface area contributed by atoms with Crippen LogP contribution in [-0.4, -0.2) is 33.6 Å². The molecule has 0 saturated heterocycles. The number of nitrogens with zero attached hydrogens (tertiary/aromatic N) is 2. The zero-order valence-corrected chi connectivity index (χ0v) is 18.7. The van der Waals surface area contributed by atoms with Gasteiger partial charge in [0.25, 0.3) is 0 Å². The molecule has 0 aliphatic rings. The smallest absolute Gasteiger partial charge is 0.389 e. The van der Waals surface area contributed by atoms with E-state index in [4.69, 9.17) is 4.74 Å². The highest BCUT2D eigenvalue weighted by atomic mass is 19.4. The Kier molecular flexibility index (Phi) is 8.36. The first-order valence-electron chi connectivity index (χ1n) is 11.2. The van der Waals surface area contributed by atoms with Crippen LogP contribution in [0.4, 0.5) is 13.2 Å². The van der Waals surface area contributed by atoms with Gasteiger partial charge in [-0.05, 0) is 48.2 Å². The Morgan fingerprint density at radius 2 is 1.64 bits per heavy atom. The maximum absolute atomic E-state index is 12.1. The third kappa shape index (κ3) is 7.23. The molecule has 0 bridgehead atoms. The summed E-state index contributed by atoms with van der Waals surface area (Å²) in [6.45, 7) is 0.572. The van der Waals surface area contributed by atoms with Crippen molar-refractivity contribution in [2.75, 3.05) is 6.61 Å². The van der Waals surface area contributed by atoms with Crippen molar-refractivity contribution in [1.29, 1.82) is 0 Å². The van der Waals surface area contributed by atoms with Gasteiger partial charge in [0.15, 0.2) is 5.69 Å². The van der Waals surface area contributed by atoms with Gasteiger partial charge >= 0.3 is 12.1 Å². The molecule has 1 N–H and O–H groups in total. The molecule has 5 nitrogen and oxygen atoms in total. The van der Waals surface area contributed by atoms with Gasteiger partial charge in [-0.15, -0.1) is 0 Å². The van der Waals surface area contributed by atoms with Gasteiger partial charge in [-0.3, -0.25) is 4.68 Å². The minimum absolute atomic E-state index is 0.152. The zero-order chi connectivity index (χ0) is 23.8. The molecular formula is C25H29F3N2O3. The number of aryl methyl sites for hydroxylation is 1. The summed E-state index contributed by atoms with van der Waals surface area (Å²) >= 11 is 0. The third-order valence-corrected chi connectivity index (χ3v) is 5.58. The molecule has 1 aromatic heterocycles. The molecule has 0 fully saturated rings. The predicted octanol–water partition coefficient (Wildman–Crippen LogP) is 7.00. The van der Waals surface area contributed by atoms with Crippen molar-refractivity contribution < 1.29 is 27.8 Å². The second-order valence-electron chi connectivity index (χ2n) is 8.23. The number of aromatic carboxylic acids is 1. The summed E-state index contributed by atoms with van der Waals surface area (Å²) in [6.07, 6.45) is 0.762. The monoisotopic (exact) mass is 462 g/mol. The highest BCUT2D eigenvalue weighted by Gasteiger charge is 2.25. The molecule has 0 amide bonds. The van der Waals surface area contributed by atoms with E-state index < -0.39 is 18.6 Å². The molecule has 0 atom stereocenters. The van der Waals surface area contributed by atoms with Crippen molar-refractivity contribution in [3.8, 4) is 16.9 Å². The molecule has 33 heavy (non-hydrogen) atoms. The van der Waals surface area contributed by atoms with E-state index in [0.717, 1.165) is 49.0 Å². The molecule has 178 valence electrons. The number of alkyl halides is 3. The average Bonchev–Trinajstić information content (AvgIpc) is 3.09. The second kappa shape index (κ2) is 11.2. The number of ether oxygens (including phenoxy) is 1. The summed E-state index contributed by atoms with van der Waals surface area (Å²) in [5, 5.41) is 14.3. The van der Waals surface area contributed by atoms with Crippen LogP contribution in [0.1, 0.15) is 61.9 Å². The van der Waals surface area contributed by atoms with Crippen molar-refractivity contribution in [3.05, 3.63) is 48.2 Å². The normalized spacial score (nSPS) is 11.8. The fourth-order valence-corrected chi connectivity index (χ4v) is 3.90. The summed E-state index contributed by atoms with van der Waals surface area (Å²) in [4.78, 5) is 11.6. The quantitative estimate of drug-likeness (QED) is 0.294. The van der Waals surface area contributed by atoms with Crippen LogP contribution in [0.3, 0.4) is 0 Å². The van der Waals surface area contributed by atoms with Gasteiger partial charge < -0.3 is 9.84 Å². The molecule has 0 radical (unpaired) electrons. The van der Waals surface area contributed by atoms with Crippen LogP contribution in [-0.2, 0) is 7.05 Å². The molecule has 8 heteroatoms. The van der Waals surface area contributed by atoms with E-state index in [1.807, 2.05) is 42.5 Å². The Morgan fingerprint density at radius 3 is 2.33 bits per heavy atom. The van der Waals surface area contributed by atoms with E-state index in [0.29, 0.717) is 23.9 Å². The average molecular weight is 463 g/mol. The van der Waals surface area contributed by atoms with Gasteiger partial charge in [0, 0.05) is 18.9 Å². The number of rotatable bonds is 12. The van der Waals surface area contributed by atoms with Crippen molar-refractivity contribution >= 4 is 16.9 Å². The van der Waals surface area contributed by atoms with Crippen molar-refractivity contribution in [2.45, 2.75) is 57.5 Å². The number of benzene rings is 2. The Morgan fingerprint density at radius 1 is 0.970 bits per heavy atom. The largest absolute Gasteiger partial charge is 0.494 e. The molecule has 2 aromatic carbocycles. The standard InChI is InChI=1S/C25H29F3N2O3/c1-30-23(24(31)32)21-17-19(12-13-22(21)29-30)18-10-9-11-20(16-18)33-15-8-6-4-2-3-5-7-14-25(26,27)28/h9-13,16-17H,2-8,14-15H2,1H3,(H,31,32). The number of carboxylic acid groups (broad SMARTS) is 1. The van der Waals surface area contributed by atoms with Crippen molar-refractivity contribution in [3.63, 3.8) is 0 Å². The fraction of sp³-hybridized carbons (Fsp3) is 0.440. The lowest BCUT2D eigenvalue weighted by atomic mass is 10.0. The molecule has 0 spiro atoms. The van der Waals surface area contributed by atoms with E-state index in [9.17, 15) is 23.1 Å². The van der Waals surface area contributed by atoms with Crippen molar-refractivity contribution in [2.24, 2.45) is 7.05 Å². The summed E-state index contributed by atoms with van der Waals surface area (Å²) < 4.78 is 43.5. The lowest BCUT2D eigenvalue weighted by Gasteiger charge is -2.09. The van der Waals surface area contributed by atoms with E-state index in [2.05, 4.69) is 5.10 Å². The van der Waals surface area contributed by atoms with Crippen LogP contribution in [0.25, 0.3) is 22.0 Å². The van der Waals surface area contributed by atoms with Gasteiger partial charge in [0.2, 0.25) is 0 Å². The molecule has 3 aromatic rings. The highest BCUT2D eigenvalue weighted by Crippen LogP contribution is 2.29. The summed E-state index contributed by atoms with van der Waals surface area (Å²) in [5.74, 6) is -0.278. The topological polar surface area (TPSA) is 64.4 Å². The number of unbranched alkanes of at least 4 members (excludes halogenated alkanes) is 6. The molecule has 1 heterocycles. The first-order chi connectivity index (χ1) is 15.7. The van der Waals surface area contributed by atoms with E-state index in [-0.39, 0.29) is 12.1 Å². The second-order valence-corrected chi connectivity index (χ2v) is 8.23. The lowest BCUT2D eigenvalue weighted by Crippen LogP contribution is -2.06. The molecular weight excluding hydrogens is 433 g/mol. The van der Waals surface area contributed by atoms with E-state index >= 15 is 0 Å². The number of aromatic nitrogens is 2. The SMILES string of the molecule is Cn1nc2ccc(-c3cccc(OCCCCCCCCCC(F)(F)F)c3)cc2c1C(=O)O. The van der Waals surface area contributed by atoms with Gasteiger partial charge in [-0.1, -0.05) is 50.3 Å². The van der Waals surface area contributed by atoms with Crippen LogP contribution < -0.4 is 4.74 Å². The highest BCUT2D eigenvalue weighted by molar-refractivity contribution is 6.02. The van der Waals surface area contributed by atoms with E-state index in [1.54, 1.807) is 7.05 Å². The maximum atomic E-state index is 12.1. The Bertz CT molecular complexity index is 1080. The molecule has 0 aliphatic carbocycles. The number of carboxylic acids is 1. The minimum Gasteiger partial charge on any atom is -0.494 e. The van der Waals surface area contributed by atoms with E-state index in [1.165, 1.54) is 4.68 Å². The Balaban J connectivity index is 1.46. The predicted molar refractivity (Wildman–Crippen MR) is 122 cm³/mol. The van der Waals surface area contributed by atoms with Gasteiger partial charge in [-0.2, -0.15) is 18.3 Å². The Hall–Kier alpha value is -3.03. The molecule has 0 unspecified atom stereocenters. The number of halogens is 3. The van der Waals surface area contributed by atoms with Crippen LogP contribution in [0.2, 0.25) is 0 Å².